The number of nitrogens with one attached hydrogen (secondary N) is 2. The van der Waals surface area contributed by atoms with Crippen molar-refractivity contribution in [1.82, 2.24) is 10.5 Å². The van der Waals surface area contributed by atoms with Crippen molar-refractivity contribution in [3.63, 3.8) is 0 Å². The van der Waals surface area contributed by atoms with Crippen molar-refractivity contribution < 1.29 is 14.1 Å². The Morgan fingerprint density at radius 1 is 0.868 bits per heavy atom. The minimum absolute atomic E-state index is 0.134. The van der Waals surface area contributed by atoms with Gasteiger partial charge in [-0.1, -0.05) is 47.6 Å². The van der Waals surface area contributed by atoms with Crippen LogP contribution in [0.15, 0.2) is 59.1 Å². The molecular formula is C31H31N3O3S. The highest BCUT2D eigenvalue weighted by atomic mass is 32.1. The van der Waals surface area contributed by atoms with Crippen molar-refractivity contribution in [2.24, 2.45) is 0 Å². The second-order valence-electron chi connectivity index (χ2n) is 10.1. The van der Waals surface area contributed by atoms with Crippen molar-refractivity contribution in [3.8, 4) is 11.3 Å². The number of carbonyl (C=O) groups is 2. The number of aryl methyl sites for hydroxylation is 3. The Balaban J connectivity index is 1.19. The van der Waals surface area contributed by atoms with E-state index in [1.807, 2.05) is 24.3 Å². The van der Waals surface area contributed by atoms with Crippen LogP contribution in [0.4, 0.5) is 5.00 Å². The first-order valence-corrected chi connectivity index (χ1v) is 14.3. The van der Waals surface area contributed by atoms with Gasteiger partial charge in [0.25, 0.3) is 11.8 Å². The van der Waals surface area contributed by atoms with Gasteiger partial charge in [-0.2, -0.15) is 0 Å². The summed E-state index contributed by atoms with van der Waals surface area (Å²) in [7, 11) is 0. The van der Waals surface area contributed by atoms with E-state index in [0.29, 0.717) is 22.9 Å². The largest absolute Gasteiger partial charge is 0.355 e. The van der Waals surface area contributed by atoms with Gasteiger partial charge in [-0.15, -0.1) is 11.3 Å². The number of amides is 2. The standard InChI is InChI=1S/C31H31N3O3S/c35-29(25-19-26(37-34-25)23-15-14-21-10-4-5-11-22(21)18-23)33-31-28(24-12-6-7-13-27(24)38-31)30(36)32-17-16-20-8-2-1-3-9-20/h1-3,8-9,14-15,18-19H,4-7,10-13,16-17H2,(H,32,36)(H,33,35). The molecule has 6 rings (SSSR count). The van der Waals surface area contributed by atoms with Crippen LogP contribution in [0.2, 0.25) is 0 Å². The Bertz CT molecular complexity index is 1470. The molecule has 0 aliphatic heterocycles. The van der Waals surface area contributed by atoms with Crippen LogP contribution in [-0.4, -0.2) is 23.5 Å². The van der Waals surface area contributed by atoms with Gasteiger partial charge in [0.15, 0.2) is 11.5 Å². The summed E-state index contributed by atoms with van der Waals surface area (Å²) in [5, 5.41) is 10.7. The highest BCUT2D eigenvalue weighted by Gasteiger charge is 2.27. The molecule has 2 aromatic carbocycles. The Morgan fingerprint density at radius 2 is 1.66 bits per heavy atom. The first-order chi connectivity index (χ1) is 18.7. The molecule has 2 N–H and O–H groups in total. The summed E-state index contributed by atoms with van der Waals surface area (Å²) in [6, 6.07) is 18.1. The monoisotopic (exact) mass is 525 g/mol. The number of aromatic nitrogens is 1. The number of anilines is 1. The second-order valence-corrected chi connectivity index (χ2v) is 11.2. The maximum absolute atomic E-state index is 13.3. The van der Waals surface area contributed by atoms with Crippen LogP contribution in [0.25, 0.3) is 11.3 Å². The lowest BCUT2D eigenvalue weighted by molar-refractivity contribution is 0.0954. The molecule has 2 amide bonds. The van der Waals surface area contributed by atoms with Crippen molar-refractivity contribution in [2.75, 3.05) is 11.9 Å². The van der Waals surface area contributed by atoms with E-state index in [1.165, 1.54) is 45.7 Å². The van der Waals surface area contributed by atoms with Crippen molar-refractivity contribution in [2.45, 2.75) is 57.8 Å². The van der Waals surface area contributed by atoms with Gasteiger partial charge < -0.3 is 15.2 Å². The lowest BCUT2D eigenvalue weighted by Crippen LogP contribution is -2.27. The first kappa shape index (κ1) is 24.6. The summed E-state index contributed by atoms with van der Waals surface area (Å²) < 4.78 is 5.57. The van der Waals surface area contributed by atoms with Gasteiger partial charge in [0.1, 0.15) is 5.00 Å². The zero-order chi connectivity index (χ0) is 25.9. The molecule has 0 bridgehead atoms. The molecule has 194 valence electrons. The molecule has 0 unspecified atom stereocenters. The smallest absolute Gasteiger partial charge is 0.278 e. The fourth-order valence-electron chi connectivity index (χ4n) is 5.52. The maximum atomic E-state index is 13.3. The average molecular weight is 526 g/mol. The highest BCUT2D eigenvalue weighted by Crippen LogP contribution is 2.38. The average Bonchev–Trinajstić information content (AvgIpc) is 3.59. The number of hydrogen-bond donors (Lipinski definition) is 2. The first-order valence-electron chi connectivity index (χ1n) is 13.5. The lowest BCUT2D eigenvalue weighted by Gasteiger charge is -2.15. The molecular weight excluding hydrogens is 494 g/mol. The van der Waals surface area contributed by atoms with Crippen LogP contribution in [0, 0.1) is 0 Å². The molecule has 0 radical (unpaired) electrons. The summed E-state index contributed by atoms with van der Waals surface area (Å²) >= 11 is 1.51. The summed E-state index contributed by atoms with van der Waals surface area (Å²) in [6.07, 6.45) is 9.33. The van der Waals surface area contributed by atoms with E-state index in [-0.39, 0.29) is 17.5 Å². The lowest BCUT2D eigenvalue weighted by atomic mass is 9.90. The minimum Gasteiger partial charge on any atom is -0.355 e. The van der Waals surface area contributed by atoms with E-state index in [1.54, 1.807) is 6.07 Å². The van der Waals surface area contributed by atoms with E-state index < -0.39 is 0 Å². The molecule has 0 fully saturated rings. The zero-order valence-corrected chi connectivity index (χ0v) is 22.2. The summed E-state index contributed by atoms with van der Waals surface area (Å²) in [5.74, 6) is 0.0771. The predicted octanol–water partition coefficient (Wildman–Crippen LogP) is 6.39. The van der Waals surface area contributed by atoms with E-state index in [4.69, 9.17) is 4.52 Å². The molecule has 4 aromatic rings. The number of hydrogen-bond acceptors (Lipinski definition) is 5. The molecule has 2 aliphatic carbocycles. The molecule has 0 spiro atoms. The van der Waals surface area contributed by atoms with E-state index >= 15 is 0 Å². The molecule has 0 atom stereocenters. The molecule has 6 nitrogen and oxygen atoms in total. The van der Waals surface area contributed by atoms with Crippen LogP contribution in [-0.2, 0) is 32.1 Å². The second kappa shape index (κ2) is 11.0. The fourth-order valence-corrected chi connectivity index (χ4v) is 6.80. The molecule has 2 heterocycles. The summed E-state index contributed by atoms with van der Waals surface area (Å²) in [4.78, 5) is 27.7. The van der Waals surface area contributed by atoms with Crippen LogP contribution < -0.4 is 10.6 Å². The highest BCUT2D eigenvalue weighted by molar-refractivity contribution is 7.17. The number of rotatable bonds is 7. The van der Waals surface area contributed by atoms with Crippen LogP contribution >= 0.6 is 11.3 Å². The number of benzene rings is 2. The van der Waals surface area contributed by atoms with Gasteiger partial charge in [0, 0.05) is 23.1 Å². The third-order valence-electron chi connectivity index (χ3n) is 7.54. The predicted molar refractivity (Wildman–Crippen MR) is 150 cm³/mol. The molecule has 2 aliphatic rings. The quantitative estimate of drug-likeness (QED) is 0.293. The molecule has 38 heavy (non-hydrogen) atoms. The van der Waals surface area contributed by atoms with Gasteiger partial charge in [-0.25, -0.2) is 0 Å². The van der Waals surface area contributed by atoms with Gasteiger partial charge in [-0.05, 0) is 86.1 Å². The fraction of sp³-hybridized carbons (Fsp3) is 0.323. The number of fused-ring (bicyclic) bond motifs is 2. The van der Waals surface area contributed by atoms with Gasteiger partial charge in [-0.3, -0.25) is 9.59 Å². The molecule has 0 saturated carbocycles. The van der Waals surface area contributed by atoms with E-state index in [2.05, 4.69) is 40.1 Å². The van der Waals surface area contributed by atoms with Crippen LogP contribution in [0.1, 0.15) is 73.7 Å². The van der Waals surface area contributed by atoms with E-state index in [9.17, 15) is 9.59 Å². The van der Waals surface area contributed by atoms with Crippen molar-refractivity contribution >= 4 is 28.2 Å². The summed E-state index contributed by atoms with van der Waals surface area (Å²) in [6.45, 7) is 0.536. The topological polar surface area (TPSA) is 84.2 Å². The summed E-state index contributed by atoms with van der Waals surface area (Å²) in [5.41, 5.74) is 6.74. The third-order valence-corrected chi connectivity index (χ3v) is 8.75. The third kappa shape index (κ3) is 5.16. The SMILES string of the molecule is O=C(Nc1sc2c(c1C(=O)NCCc1ccccc1)CCCC2)c1cc(-c2ccc3c(c2)CCCC3)on1. The Hall–Kier alpha value is -3.71. The Morgan fingerprint density at radius 3 is 2.53 bits per heavy atom. The van der Waals surface area contributed by atoms with Crippen LogP contribution in [0.3, 0.4) is 0 Å². The number of thiophene rings is 1. The number of carbonyl (C=O) groups excluding carboxylic acids is 2. The minimum atomic E-state index is -0.366. The van der Waals surface area contributed by atoms with Gasteiger partial charge in [0.05, 0.1) is 5.56 Å². The Kier molecular flexibility index (Phi) is 7.10. The normalized spacial score (nSPS) is 14.4. The van der Waals surface area contributed by atoms with Gasteiger partial charge >= 0.3 is 0 Å². The van der Waals surface area contributed by atoms with Crippen LogP contribution in [0.5, 0.6) is 0 Å². The molecule has 7 heteroatoms. The number of nitrogens with zero attached hydrogens (tertiary/aromatic N) is 1. The zero-order valence-electron chi connectivity index (χ0n) is 21.3. The Labute approximate surface area is 226 Å². The van der Waals surface area contributed by atoms with Gasteiger partial charge in [0.2, 0.25) is 0 Å². The molecule has 0 saturated heterocycles. The van der Waals surface area contributed by atoms with E-state index in [0.717, 1.165) is 56.1 Å². The van der Waals surface area contributed by atoms with Crippen molar-refractivity contribution in [1.29, 1.82) is 0 Å². The maximum Gasteiger partial charge on any atom is 0.278 e. The van der Waals surface area contributed by atoms with Crippen molar-refractivity contribution in [3.05, 3.63) is 93.0 Å². The molecule has 2 aromatic heterocycles.